The van der Waals surface area contributed by atoms with E-state index in [0.717, 1.165) is 24.8 Å². The van der Waals surface area contributed by atoms with E-state index in [-0.39, 0.29) is 16.7 Å². The lowest BCUT2D eigenvalue weighted by Crippen LogP contribution is -2.14. The number of nitro groups is 1. The Kier molecular flexibility index (Phi) is 4.90. The first kappa shape index (κ1) is 18.8. The summed E-state index contributed by atoms with van der Waals surface area (Å²) in [6.07, 6.45) is 0. The fraction of sp³-hybridized carbons (Fsp3) is 0.105. The number of nitrogens with zero attached hydrogens (tertiary/aromatic N) is 1. The molecular formula is C19H14N2O7. The van der Waals surface area contributed by atoms with Crippen LogP contribution in [0, 0.1) is 17.0 Å². The molecule has 0 atom stereocenters. The number of amides is 1. The van der Waals surface area contributed by atoms with Gasteiger partial charge >= 0.3 is 11.6 Å². The lowest BCUT2D eigenvalue weighted by Gasteiger charge is -2.08. The normalized spacial score (nSPS) is 10.5. The third-order valence-electron chi connectivity index (χ3n) is 4.02. The van der Waals surface area contributed by atoms with E-state index in [1.54, 1.807) is 19.1 Å². The Morgan fingerprint density at radius 3 is 2.50 bits per heavy atom. The van der Waals surface area contributed by atoms with Crippen molar-refractivity contribution in [2.24, 2.45) is 0 Å². The van der Waals surface area contributed by atoms with Crippen LogP contribution in [0.15, 0.2) is 51.7 Å². The molecule has 0 aliphatic rings. The SMILES string of the molecule is COC(=O)c1cc(C(=O)Nc2ccc3c(C)cc(=O)oc3c2)cc([N+](=O)[O-])c1. The number of nitrogens with one attached hydrogen (secondary N) is 1. The number of rotatable bonds is 4. The van der Waals surface area contributed by atoms with Crippen molar-refractivity contribution >= 4 is 34.2 Å². The Morgan fingerprint density at radius 2 is 1.82 bits per heavy atom. The molecule has 1 amide bonds. The Hall–Kier alpha value is -4.01. The van der Waals surface area contributed by atoms with Gasteiger partial charge < -0.3 is 14.5 Å². The molecule has 3 aromatic rings. The van der Waals surface area contributed by atoms with Gasteiger partial charge in [0.1, 0.15) is 5.58 Å². The quantitative estimate of drug-likeness (QED) is 0.318. The van der Waals surface area contributed by atoms with Crippen LogP contribution in [0.25, 0.3) is 11.0 Å². The first-order valence-electron chi connectivity index (χ1n) is 8.02. The van der Waals surface area contributed by atoms with Gasteiger partial charge in [-0.3, -0.25) is 14.9 Å². The Morgan fingerprint density at radius 1 is 1.11 bits per heavy atom. The third kappa shape index (κ3) is 3.73. The summed E-state index contributed by atoms with van der Waals surface area (Å²) in [5.41, 5.74) is 0.172. The van der Waals surface area contributed by atoms with Crippen molar-refractivity contribution in [1.29, 1.82) is 0 Å². The predicted octanol–water partition coefficient (Wildman–Crippen LogP) is 3.05. The lowest BCUT2D eigenvalue weighted by atomic mass is 10.1. The van der Waals surface area contributed by atoms with Gasteiger partial charge in [-0.2, -0.15) is 0 Å². The Balaban J connectivity index is 1.97. The number of hydrogen-bond acceptors (Lipinski definition) is 7. The van der Waals surface area contributed by atoms with E-state index in [4.69, 9.17) is 4.42 Å². The number of fused-ring (bicyclic) bond motifs is 1. The fourth-order valence-electron chi connectivity index (χ4n) is 2.69. The number of carbonyl (C=O) groups excluding carboxylic acids is 2. The average Bonchev–Trinajstić information content (AvgIpc) is 2.66. The van der Waals surface area contributed by atoms with Crippen molar-refractivity contribution in [2.45, 2.75) is 6.92 Å². The minimum absolute atomic E-state index is 0.0969. The van der Waals surface area contributed by atoms with E-state index < -0.39 is 28.1 Å². The van der Waals surface area contributed by atoms with Crippen molar-refractivity contribution in [3.63, 3.8) is 0 Å². The molecule has 1 heterocycles. The molecule has 0 saturated heterocycles. The summed E-state index contributed by atoms with van der Waals surface area (Å²) in [4.78, 5) is 46.2. The molecule has 0 aliphatic heterocycles. The molecule has 0 bridgehead atoms. The number of anilines is 1. The molecule has 0 radical (unpaired) electrons. The number of ether oxygens (including phenoxy) is 1. The van der Waals surface area contributed by atoms with E-state index in [1.807, 2.05) is 0 Å². The van der Waals surface area contributed by atoms with Crippen LogP contribution in [0.4, 0.5) is 11.4 Å². The van der Waals surface area contributed by atoms with Gasteiger partial charge in [0.05, 0.1) is 17.6 Å². The maximum atomic E-state index is 12.5. The Bertz CT molecular complexity index is 1180. The van der Waals surface area contributed by atoms with Crippen LogP contribution in [-0.4, -0.2) is 23.9 Å². The molecule has 28 heavy (non-hydrogen) atoms. The summed E-state index contributed by atoms with van der Waals surface area (Å²) in [7, 11) is 1.13. The number of aryl methyl sites for hydroxylation is 1. The van der Waals surface area contributed by atoms with E-state index in [2.05, 4.69) is 10.1 Å². The number of non-ortho nitro benzene ring substituents is 1. The van der Waals surface area contributed by atoms with Gasteiger partial charge in [-0.15, -0.1) is 0 Å². The molecule has 9 heteroatoms. The highest BCUT2D eigenvalue weighted by Crippen LogP contribution is 2.23. The summed E-state index contributed by atoms with van der Waals surface area (Å²) >= 11 is 0. The molecule has 9 nitrogen and oxygen atoms in total. The van der Waals surface area contributed by atoms with Gasteiger partial charge in [0.25, 0.3) is 11.6 Å². The highest BCUT2D eigenvalue weighted by molar-refractivity contribution is 6.07. The molecule has 2 aromatic carbocycles. The van der Waals surface area contributed by atoms with Crippen LogP contribution in [0.2, 0.25) is 0 Å². The zero-order chi connectivity index (χ0) is 20.4. The van der Waals surface area contributed by atoms with Gasteiger partial charge in [-0.05, 0) is 30.7 Å². The molecular weight excluding hydrogens is 368 g/mol. The number of esters is 1. The van der Waals surface area contributed by atoms with Crippen molar-refractivity contribution in [2.75, 3.05) is 12.4 Å². The third-order valence-corrected chi connectivity index (χ3v) is 4.02. The zero-order valence-electron chi connectivity index (χ0n) is 14.8. The molecule has 0 spiro atoms. The Labute approximate surface area is 157 Å². The van der Waals surface area contributed by atoms with Gasteiger partial charge in [0, 0.05) is 40.9 Å². The van der Waals surface area contributed by atoms with Crippen molar-refractivity contribution < 1.29 is 23.7 Å². The number of carbonyl (C=O) groups is 2. The van der Waals surface area contributed by atoms with Crippen LogP contribution in [-0.2, 0) is 4.74 Å². The van der Waals surface area contributed by atoms with E-state index in [0.29, 0.717) is 11.1 Å². The summed E-state index contributed by atoms with van der Waals surface area (Å²) in [5.74, 6) is -1.48. The fourth-order valence-corrected chi connectivity index (χ4v) is 2.69. The minimum Gasteiger partial charge on any atom is -0.465 e. The molecule has 1 aromatic heterocycles. The van der Waals surface area contributed by atoms with Gasteiger partial charge in [-0.1, -0.05) is 0 Å². The summed E-state index contributed by atoms with van der Waals surface area (Å²) < 4.78 is 9.69. The van der Waals surface area contributed by atoms with Crippen LogP contribution in [0.1, 0.15) is 26.3 Å². The number of nitro benzene ring substituents is 1. The average molecular weight is 382 g/mol. The van der Waals surface area contributed by atoms with Gasteiger partial charge in [0.15, 0.2) is 0 Å². The second-order valence-corrected chi connectivity index (χ2v) is 5.93. The van der Waals surface area contributed by atoms with Crippen LogP contribution in [0.5, 0.6) is 0 Å². The number of benzene rings is 2. The first-order chi connectivity index (χ1) is 13.3. The predicted molar refractivity (Wildman–Crippen MR) is 99.6 cm³/mol. The first-order valence-corrected chi connectivity index (χ1v) is 8.02. The van der Waals surface area contributed by atoms with E-state index in [1.165, 1.54) is 18.2 Å². The molecule has 3 rings (SSSR count). The smallest absolute Gasteiger partial charge is 0.338 e. The molecule has 0 saturated carbocycles. The van der Waals surface area contributed by atoms with E-state index >= 15 is 0 Å². The van der Waals surface area contributed by atoms with Gasteiger partial charge in [0.2, 0.25) is 0 Å². The highest BCUT2D eigenvalue weighted by Gasteiger charge is 2.18. The van der Waals surface area contributed by atoms with Crippen LogP contribution >= 0.6 is 0 Å². The van der Waals surface area contributed by atoms with Crippen LogP contribution in [0.3, 0.4) is 0 Å². The minimum atomic E-state index is -0.805. The van der Waals surface area contributed by atoms with Crippen molar-refractivity contribution in [1.82, 2.24) is 0 Å². The largest absolute Gasteiger partial charge is 0.465 e. The van der Waals surface area contributed by atoms with Crippen molar-refractivity contribution in [3.05, 3.63) is 79.7 Å². The molecule has 0 aliphatic carbocycles. The van der Waals surface area contributed by atoms with E-state index in [9.17, 15) is 24.5 Å². The monoisotopic (exact) mass is 382 g/mol. The molecule has 0 unspecified atom stereocenters. The second kappa shape index (κ2) is 7.31. The zero-order valence-corrected chi connectivity index (χ0v) is 14.8. The maximum Gasteiger partial charge on any atom is 0.338 e. The van der Waals surface area contributed by atoms with Crippen LogP contribution < -0.4 is 10.9 Å². The maximum absolute atomic E-state index is 12.5. The highest BCUT2D eigenvalue weighted by atomic mass is 16.6. The summed E-state index contributed by atoms with van der Waals surface area (Å²) in [6.45, 7) is 1.76. The van der Waals surface area contributed by atoms with Gasteiger partial charge in [-0.25, -0.2) is 9.59 Å². The molecule has 142 valence electrons. The molecule has 0 fully saturated rings. The number of hydrogen-bond donors (Lipinski definition) is 1. The molecule has 1 N–H and O–H groups in total. The topological polar surface area (TPSA) is 129 Å². The van der Waals surface area contributed by atoms with Crippen molar-refractivity contribution in [3.8, 4) is 0 Å². The summed E-state index contributed by atoms with van der Waals surface area (Å²) in [5, 5.41) is 14.4. The second-order valence-electron chi connectivity index (χ2n) is 5.93. The summed E-state index contributed by atoms with van der Waals surface area (Å²) in [6, 6.07) is 9.38. The standard InChI is InChI=1S/C19H14N2O7/c1-10-5-17(22)28-16-9-13(3-4-15(10)16)20-18(23)11-6-12(19(24)27-2)8-14(7-11)21(25)26/h3-9H,1-2H3,(H,20,23). The number of methoxy groups -OCH3 is 1. The lowest BCUT2D eigenvalue weighted by molar-refractivity contribution is -0.384.